The molecule has 0 aliphatic rings. The lowest BCUT2D eigenvalue weighted by atomic mass is 10.5. The van der Waals surface area contributed by atoms with Crippen molar-refractivity contribution in [1.29, 1.82) is 0 Å². The Kier molecular flexibility index (Phi) is 6.13. The Balaban J connectivity index is 2.44. The molecule has 18 heavy (non-hydrogen) atoms. The summed E-state index contributed by atoms with van der Waals surface area (Å²) >= 11 is 0. The molecule has 0 bridgehead atoms. The number of sulfonamides is 1. The standard InChI is InChI=1S/C10H15FN2O4S/c1-16-7-8-17-6-5-13-18(14,15)10-9(11)3-2-4-12-10/h2-4,13H,5-8H2,1H3. The second-order valence-electron chi connectivity index (χ2n) is 3.29. The van der Waals surface area contributed by atoms with Crippen LogP contribution < -0.4 is 4.72 Å². The molecule has 1 aromatic heterocycles. The van der Waals surface area contributed by atoms with Crippen molar-refractivity contribution in [2.24, 2.45) is 0 Å². The normalized spacial score (nSPS) is 11.7. The van der Waals surface area contributed by atoms with Gasteiger partial charge in [-0.1, -0.05) is 0 Å². The number of ether oxygens (including phenoxy) is 2. The number of nitrogens with zero attached hydrogens (tertiary/aromatic N) is 1. The minimum absolute atomic E-state index is 0.0437. The molecule has 1 heterocycles. The van der Waals surface area contributed by atoms with Gasteiger partial charge in [0.05, 0.1) is 19.8 Å². The number of pyridine rings is 1. The zero-order chi connectivity index (χ0) is 13.4. The van der Waals surface area contributed by atoms with E-state index >= 15 is 0 Å². The molecule has 0 radical (unpaired) electrons. The first-order valence-electron chi connectivity index (χ1n) is 5.25. The molecule has 0 fully saturated rings. The number of aromatic nitrogens is 1. The summed E-state index contributed by atoms with van der Waals surface area (Å²) in [6.07, 6.45) is 1.22. The summed E-state index contributed by atoms with van der Waals surface area (Å²) in [7, 11) is -2.39. The first kappa shape index (κ1) is 15.0. The van der Waals surface area contributed by atoms with E-state index < -0.39 is 20.9 Å². The van der Waals surface area contributed by atoms with E-state index in [4.69, 9.17) is 9.47 Å². The number of halogens is 1. The van der Waals surface area contributed by atoms with Gasteiger partial charge in [-0.2, -0.15) is 0 Å². The lowest BCUT2D eigenvalue weighted by molar-refractivity contribution is 0.0736. The van der Waals surface area contributed by atoms with E-state index in [0.29, 0.717) is 13.2 Å². The predicted octanol–water partition coefficient (Wildman–Crippen LogP) is 0.162. The van der Waals surface area contributed by atoms with E-state index in [1.165, 1.54) is 19.4 Å². The second-order valence-corrected chi connectivity index (χ2v) is 4.98. The summed E-state index contributed by atoms with van der Waals surface area (Å²) in [4.78, 5) is 3.49. The molecule has 0 atom stereocenters. The van der Waals surface area contributed by atoms with Crippen molar-refractivity contribution in [2.75, 3.05) is 33.5 Å². The van der Waals surface area contributed by atoms with Gasteiger partial charge in [-0.05, 0) is 12.1 Å². The average Bonchev–Trinajstić information content (AvgIpc) is 2.34. The van der Waals surface area contributed by atoms with Crippen molar-refractivity contribution in [2.45, 2.75) is 5.03 Å². The van der Waals surface area contributed by atoms with Crippen LogP contribution in [0.2, 0.25) is 0 Å². The van der Waals surface area contributed by atoms with Gasteiger partial charge in [0.15, 0.2) is 5.82 Å². The van der Waals surface area contributed by atoms with E-state index in [9.17, 15) is 12.8 Å². The third kappa shape index (κ3) is 4.65. The van der Waals surface area contributed by atoms with E-state index in [-0.39, 0.29) is 13.2 Å². The van der Waals surface area contributed by atoms with Crippen LogP contribution in [0.3, 0.4) is 0 Å². The van der Waals surface area contributed by atoms with E-state index in [0.717, 1.165) is 6.07 Å². The molecule has 0 aromatic carbocycles. The van der Waals surface area contributed by atoms with Gasteiger partial charge in [0.2, 0.25) is 5.03 Å². The molecule has 0 unspecified atom stereocenters. The fraction of sp³-hybridized carbons (Fsp3) is 0.500. The van der Waals surface area contributed by atoms with Crippen molar-refractivity contribution in [3.8, 4) is 0 Å². The van der Waals surface area contributed by atoms with Crippen LogP contribution in [-0.4, -0.2) is 46.9 Å². The summed E-state index contributed by atoms with van der Waals surface area (Å²) in [6, 6.07) is 2.36. The van der Waals surface area contributed by atoms with Gasteiger partial charge in [0, 0.05) is 19.9 Å². The lowest BCUT2D eigenvalue weighted by Crippen LogP contribution is -2.29. The van der Waals surface area contributed by atoms with Crippen molar-refractivity contribution in [1.82, 2.24) is 9.71 Å². The Morgan fingerprint density at radius 3 is 2.83 bits per heavy atom. The molecule has 1 rings (SSSR count). The van der Waals surface area contributed by atoms with Crippen molar-refractivity contribution in [3.05, 3.63) is 24.1 Å². The Labute approximate surface area is 105 Å². The maximum atomic E-state index is 13.2. The first-order valence-corrected chi connectivity index (χ1v) is 6.73. The Hall–Kier alpha value is -1.09. The number of nitrogens with one attached hydrogen (secondary N) is 1. The first-order chi connectivity index (χ1) is 8.58. The van der Waals surface area contributed by atoms with E-state index in [1.54, 1.807) is 0 Å². The van der Waals surface area contributed by atoms with Crippen LogP contribution in [0.5, 0.6) is 0 Å². The van der Waals surface area contributed by atoms with Crippen molar-refractivity contribution in [3.63, 3.8) is 0 Å². The van der Waals surface area contributed by atoms with Gasteiger partial charge in [-0.3, -0.25) is 0 Å². The molecule has 8 heteroatoms. The molecule has 0 aliphatic heterocycles. The van der Waals surface area contributed by atoms with Gasteiger partial charge in [0.25, 0.3) is 10.0 Å². The molecule has 0 spiro atoms. The van der Waals surface area contributed by atoms with Crippen LogP contribution in [0.15, 0.2) is 23.4 Å². The van der Waals surface area contributed by atoms with Gasteiger partial charge in [-0.25, -0.2) is 22.5 Å². The number of hydrogen-bond donors (Lipinski definition) is 1. The van der Waals surface area contributed by atoms with Crippen LogP contribution >= 0.6 is 0 Å². The highest BCUT2D eigenvalue weighted by atomic mass is 32.2. The third-order valence-corrected chi connectivity index (χ3v) is 3.34. The Bertz CT molecular complexity index is 467. The summed E-state index contributed by atoms with van der Waals surface area (Å²) < 4.78 is 48.5. The summed E-state index contributed by atoms with van der Waals surface area (Å²) in [5.74, 6) is -0.884. The molecular weight excluding hydrogens is 263 g/mol. The molecule has 0 aliphatic carbocycles. The van der Waals surface area contributed by atoms with Crippen molar-refractivity contribution < 1.29 is 22.3 Å². The highest BCUT2D eigenvalue weighted by molar-refractivity contribution is 7.89. The largest absolute Gasteiger partial charge is 0.382 e. The van der Waals surface area contributed by atoms with Gasteiger partial charge < -0.3 is 9.47 Å². The third-order valence-electron chi connectivity index (χ3n) is 1.95. The molecule has 1 aromatic rings. The smallest absolute Gasteiger partial charge is 0.261 e. The Morgan fingerprint density at radius 2 is 2.17 bits per heavy atom. The van der Waals surface area contributed by atoms with Crippen LogP contribution in [0.4, 0.5) is 4.39 Å². The molecule has 0 saturated carbocycles. The van der Waals surface area contributed by atoms with Crippen LogP contribution in [-0.2, 0) is 19.5 Å². The highest BCUT2D eigenvalue weighted by Gasteiger charge is 2.19. The van der Waals surface area contributed by atoms with Crippen LogP contribution in [0.1, 0.15) is 0 Å². The molecule has 102 valence electrons. The molecular formula is C10H15FN2O4S. The lowest BCUT2D eigenvalue weighted by Gasteiger charge is -2.07. The van der Waals surface area contributed by atoms with Gasteiger partial charge in [0.1, 0.15) is 0 Å². The number of rotatable bonds is 8. The minimum Gasteiger partial charge on any atom is -0.382 e. The zero-order valence-electron chi connectivity index (χ0n) is 9.93. The fourth-order valence-electron chi connectivity index (χ4n) is 1.13. The SMILES string of the molecule is COCCOCCNS(=O)(=O)c1ncccc1F. The highest BCUT2D eigenvalue weighted by Crippen LogP contribution is 2.08. The zero-order valence-corrected chi connectivity index (χ0v) is 10.7. The van der Waals surface area contributed by atoms with Gasteiger partial charge in [-0.15, -0.1) is 0 Å². The van der Waals surface area contributed by atoms with Gasteiger partial charge >= 0.3 is 0 Å². The summed E-state index contributed by atoms with van der Waals surface area (Å²) in [5, 5.41) is -0.609. The molecule has 1 N–H and O–H groups in total. The number of methoxy groups -OCH3 is 1. The average molecular weight is 278 g/mol. The van der Waals surface area contributed by atoms with Crippen LogP contribution in [0, 0.1) is 5.82 Å². The summed E-state index contributed by atoms with van der Waals surface area (Å²) in [6.45, 7) is 1.02. The molecule has 0 saturated heterocycles. The topological polar surface area (TPSA) is 77.5 Å². The summed E-state index contributed by atoms with van der Waals surface area (Å²) in [5.41, 5.74) is 0. The monoisotopic (exact) mass is 278 g/mol. The van der Waals surface area contributed by atoms with E-state index in [2.05, 4.69) is 9.71 Å². The number of hydrogen-bond acceptors (Lipinski definition) is 5. The Morgan fingerprint density at radius 1 is 1.39 bits per heavy atom. The molecule has 6 nitrogen and oxygen atoms in total. The van der Waals surface area contributed by atoms with Crippen molar-refractivity contribution >= 4 is 10.0 Å². The minimum atomic E-state index is -3.93. The quantitative estimate of drug-likeness (QED) is 0.685. The predicted molar refractivity (Wildman–Crippen MR) is 62.1 cm³/mol. The fourth-order valence-corrected chi connectivity index (χ4v) is 2.14. The second kappa shape index (κ2) is 7.37. The van der Waals surface area contributed by atoms with Crippen LogP contribution in [0.25, 0.3) is 0 Å². The maximum absolute atomic E-state index is 13.2. The molecule has 0 amide bonds. The maximum Gasteiger partial charge on any atom is 0.261 e. The van der Waals surface area contributed by atoms with E-state index in [1.807, 2.05) is 0 Å².